The molecule has 0 fully saturated rings. The molecule has 2 aromatic rings. The van der Waals surface area contributed by atoms with Gasteiger partial charge in [0.25, 0.3) is 0 Å². The second-order valence-electron chi connectivity index (χ2n) is 4.30. The van der Waals surface area contributed by atoms with Gasteiger partial charge in [-0.15, -0.1) is 11.6 Å². The van der Waals surface area contributed by atoms with Crippen molar-refractivity contribution < 1.29 is 9.13 Å². The largest absolute Gasteiger partial charge is 0.486 e. The van der Waals surface area contributed by atoms with E-state index in [0.29, 0.717) is 12.2 Å². The van der Waals surface area contributed by atoms with Crippen LogP contribution in [0.2, 0.25) is 0 Å². The maximum absolute atomic E-state index is 13.7. The molecule has 0 spiro atoms. The number of halogens is 2. The molecule has 0 aliphatic carbocycles. The summed E-state index contributed by atoms with van der Waals surface area (Å²) in [4.78, 5) is 0. The van der Waals surface area contributed by atoms with Crippen molar-refractivity contribution in [3.63, 3.8) is 0 Å². The van der Waals surface area contributed by atoms with Crippen molar-refractivity contribution in [2.75, 3.05) is 5.88 Å². The molecule has 0 heterocycles. The van der Waals surface area contributed by atoms with Gasteiger partial charge in [-0.3, -0.25) is 0 Å². The molecule has 2 rings (SSSR count). The second kappa shape index (κ2) is 6.98. The van der Waals surface area contributed by atoms with E-state index in [-0.39, 0.29) is 11.6 Å². The van der Waals surface area contributed by atoms with E-state index in [4.69, 9.17) is 16.3 Å². The van der Waals surface area contributed by atoms with E-state index in [1.807, 2.05) is 31.2 Å². The molecule has 0 N–H and O–H groups in total. The maximum atomic E-state index is 13.7. The first-order chi connectivity index (χ1) is 9.70. The minimum absolute atomic E-state index is 0.203. The Morgan fingerprint density at radius 3 is 2.75 bits per heavy atom. The molecule has 0 saturated heterocycles. The molecule has 0 amide bonds. The molecule has 0 aromatic heterocycles. The van der Waals surface area contributed by atoms with Crippen LogP contribution in [0, 0.1) is 24.6 Å². The van der Waals surface area contributed by atoms with E-state index in [9.17, 15) is 4.39 Å². The van der Waals surface area contributed by atoms with Crippen LogP contribution < -0.4 is 4.74 Å². The number of aryl methyl sites for hydroxylation is 1. The van der Waals surface area contributed by atoms with Crippen LogP contribution in [0.5, 0.6) is 5.75 Å². The van der Waals surface area contributed by atoms with Gasteiger partial charge in [0.15, 0.2) is 11.6 Å². The topological polar surface area (TPSA) is 9.23 Å². The minimum Gasteiger partial charge on any atom is -0.486 e. The Hall–Kier alpha value is -1.98. The normalized spacial score (nSPS) is 9.75. The van der Waals surface area contributed by atoms with Crippen LogP contribution in [0.3, 0.4) is 0 Å². The smallest absolute Gasteiger partial charge is 0.165 e. The molecule has 2 aromatic carbocycles. The molecule has 102 valence electrons. The molecule has 20 heavy (non-hydrogen) atoms. The predicted molar refractivity (Wildman–Crippen MR) is 79.5 cm³/mol. The van der Waals surface area contributed by atoms with E-state index in [1.165, 1.54) is 6.07 Å². The van der Waals surface area contributed by atoms with Crippen molar-refractivity contribution in [2.45, 2.75) is 13.5 Å². The highest BCUT2D eigenvalue weighted by Gasteiger charge is 2.05. The average molecular weight is 289 g/mol. The van der Waals surface area contributed by atoms with Gasteiger partial charge in [0.05, 0.1) is 5.88 Å². The molecule has 0 unspecified atom stereocenters. The highest BCUT2D eigenvalue weighted by Crippen LogP contribution is 2.20. The van der Waals surface area contributed by atoms with E-state index in [0.717, 1.165) is 11.1 Å². The van der Waals surface area contributed by atoms with Gasteiger partial charge >= 0.3 is 0 Å². The fraction of sp³-hybridized carbons (Fsp3) is 0.176. The third-order valence-corrected chi connectivity index (χ3v) is 3.01. The Morgan fingerprint density at radius 1 is 1.20 bits per heavy atom. The Morgan fingerprint density at radius 2 is 2.00 bits per heavy atom. The highest BCUT2D eigenvalue weighted by atomic mass is 35.5. The molecule has 3 heteroatoms. The van der Waals surface area contributed by atoms with E-state index in [2.05, 4.69) is 11.8 Å². The number of benzene rings is 2. The van der Waals surface area contributed by atoms with Crippen molar-refractivity contribution in [2.24, 2.45) is 0 Å². The van der Waals surface area contributed by atoms with Crippen molar-refractivity contribution >= 4 is 11.6 Å². The standard InChI is InChI=1S/C17H14ClFO/c1-13-5-2-3-7-15(13)12-20-17-11-14(6-4-10-18)8-9-16(17)19/h2-3,5,7-9,11H,10,12H2,1H3. The maximum Gasteiger partial charge on any atom is 0.165 e. The molecule has 0 atom stereocenters. The Labute approximate surface area is 123 Å². The zero-order valence-electron chi connectivity index (χ0n) is 11.1. The van der Waals surface area contributed by atoms with E-state index < -0.39 is 5.82 Å². The second-order valence-corrected chi connectivity index (χ2v) is 4.56. The lowest BCUT2D eigenvalue weighted by molar-refractivity contribution is 0.289. The minimum atomic E-state index is -0.394. The van der Waals surface area contributed by atoms with Crippen molar-refractivity contribution in [3.8, 4) is 17.6 Å². The summed E-state index contributed by atoms with van der Waals surface area (Å²) in [6, 6.07) is 12.4. The van der Waals surface area contributed by atoms with Gasteiger partial charge < -0.3 is 4.74 Å². The summed E-state index contributed by atoms with van der Waals surface area (Å²) in [6.07, 6.45) is 0. The molecular weight excluding hydrogens is 275 g/mol. The van der Waals surface area contributed by atoms with Crippen molar-refractivity contribution in [3.05, 3.63) is 65.0 Å². The van der Waals surface area contributed by atoms with E-state index >= 15 is 0 Å². The summed E-state index contributed by atoms with van der Waals surface area (Å²) in [5.74, 6) is 5.63. The average Bonchev–Trinajstić information content (AvgIpc) is 2.46. The fourth-order valence-electron chi connectivity index (χ4n) is 1.75. The lowest BCUT2D eigenvalue weighted by atomic mass is 10.1. The number of hydrogen-bond acceptors (Lipinski definition) is 1. The number of rotatable bonds is 3. The van der Waals surface area contributed by atoms with Gasteiger partial charge in [-0.25, -0.2) is 4.39 Å². The van der Waals surface area contributed by atoms with Gasteiger partial charge in [0.1, 0.15) is 6.61 Å². The molecule has 0 aliphatic heterocycles. The van der Waals surface area contributed by atoms with Gasteiger partial charge in [0, 0.05) is 5.56 Å². The van der Waals surface area contributed by atoms with Gasteiger partial charge in [0.2, 0.25) is 0 Å². The Kier molecular flexibility index (Phi) is 5.03. The predicted octanol–water partition coefficient (Wildman–Crippen LogP) is 4.30. The van der Waals surface area contributed by atoms with E-state index in [1.54, 1.807) is 12.1 Å². The first-order valence-corrected chi connectivity index (χ1v) is 6.76. The first kappa shape index (κ1) is 14.4. The van der Waals surface area contributed by atoms with Crippen molar-refractivity contribution in [1.82, 2.24) is 0 Å². The van der Waals surface area contributed by atoms with Crippen LogP contribution in [0.4, 0.5) is 4.39 Å². The van der Waals surface area contributed by atoms with Crippen LogP contribution in [-0.4, -0.2) is 5.88 Å². The third-order valence-electron chi connectivity index (χ3n) is 2.88. The Bertz CT molecular complexity index is 656. The lowest BCUT2D eigenvalue weighted by Gasteiger charge is -2.09. The van der Waals surface area contributed by atoms with Gasteiger partial charge in [-0.1, -0.05) is 36.1 Å². The molecule has 0 bridgehead atoms. The summed E-state index contributed by atoms with van der Waals surface area (Å²) in [5.41, 5.74) is 2.84. The zero-order valence-corrected chi connectivity index (χ0v) is 11.9. The van der Waals surface area contributed by atoms with Crippen LogP contribution in [0.1, 0.15) is 16.7 Å². The summed E-state index contributed by atoms with van der Waals surface area (Å²) in [5, 5.41) is 0. The first-order valence-electron chi connectivity index (χ1n) is 6.22. The van der Waals surface area contributed by atoms with Crippen molar-refractivity contribution in [1.29, 1.82) is 0 Å². The summed E-state index contributed by atoms with van der Waals surface area (Å²) in [7, 11) is 0. The molecule has 0 radical (unpaired) electrons. The summed E-state index contributed by atoms with van der Waals surface area (Å²) < 4.78 is 19.2. The molecule has 1 nitrogen and oxygen atoms in total. The SMILES string of the molecule is Cc1ccccc1COc1cc(C#CCCl)ccc1F. The van der Waals surface area contributed by atoms with Crippen LogP contribution in [0.25, 0.3) is 0 Å². The van der Waals surface area contributed by atoms with Crippen LogP contribution in [0.15, 0.2) is 42.5 Å². The third kappa shape index (κ3) is 3.76. The Balaban J connectivity index is 2.15. The summed E-state index contributed by atoms with van der Waals surface area (Å²) in [6.45, 7) is 2.33. The zero-order chi connectivity index (χ0) is 14.4. The van der Waals surface area contributed by atoms with Gasteiger partial charge in [-0.05, 0) is 36.2 Å². The molecule has 0 saturated carbocycles. The molecule has 0 aliphatic rings. The number of ether oxygens (including phenoxy) is 1. The monoisotopic (exact) mass is 288 g/mol. The van der Waals surface area contributed by atoms with Crippen LogP contribution >= 0.6 is 11.6 Å². The fourth-order valence-corrected chi connectivity index (χ4v) is 1.82. The summed E-state index contributed by atoms with van der Waals surface area (Å²) >= 11 is 5.50. The molecular formula is C17H14ClFO. The lowest BCUT2D eigenvalue weighted by Crippen LogP contribution is -1.99. The van der Waals surface area contributed by atoms with Crippen LogP contribution in [-0.2, 0) is 6.61 Å². The number of hydrogen-bond donors (Lipinski definition) is 0. The number of alkyl halides is 1. The van der Waals surface area contributed by atoms with Gasteiger partial charge in [-0.2, -0.15) is 0 Å². The highest BCUT2D eigenvalue weighted by molar-refractivity contribution is 6.19. The quantitative estimate of drug-likeness (QED) is 0.604.